The highest BCUT2D eigenvalue weighted by molar-refractivity contribution is 6.34. The Balaban J connectivity index is 1.77. The fourth-order valence-electron chi connectivity index (χ4n) is 4.02. The van der Waals surface area contributed by atoms with Crippen LogP contribution in [-0.4, -0.2) is 55.3 Å². The van der Waals surface area contributed by atoms with Gasteiger partial charge in [0.2, 0.25) is 0 Å². The van der Waals surface area contributed by atoms with Crippen LogP contribution in [0.25, 0.3) is 10.9 Å². The summed E-state index contributed by atoms with van der Waals surface area (Å²) < 4.78 is 12.7. The molecule has 4 rings (SSSR count). The van der Waals surface area contributed by atoms with Crippen LogP contribution in [0.15, 0.2) is 42.5 Å². The van der Waals surface area contributed by atoms with Gasteiger partial charge in [-0.2, -0.15) is 0 Å². The molecule has 1 aliphatic rings. The summed E-state index contributed by atoms with van der Waals surface area (Å²) in [5.74, 6) is 0.674. The van der Waals surface area contributed by atoms with Gasteiger partial charge in [-0.05, 0) is 49.2 Å². The van der Waals surface area contributed by atoms with Gasteiger partial charge >= 0.3 is 0 Å². The number of carbonyl (C=O) groups excluding carboxylic acids is 1. The van der Waals surface area contributed by atoms with E-state index < -0.39 is 0 Å². The van der Waals surface area contributed by atoms with Gasteiger partial charge in [-0.25, -0.2) is 0 Å². The van der Waals surface area contributed by atoms with Crippen molar-refractivity contribution in [1.29, 1.82) is 0 Å². The van der Waals surface area contributed by atoms with E-state index in [2.05, 4.69) is 4.90 Å². The van der Waals surface area contributed by atoms with Crippen molar-refractivity contribution in [2.75, 3.05) is 40.0 Å². The molecule has 0 amide bonds. The number of fused-ring (bicyclic) bond motifs is 1. The number of nitrogens with zero attached hydrogens (tertiary/aromatic N) is 2. The first-order valence-electron chi connectivity index (χ1n) is 9.87. The molecule has 2 heterocycles. The van der Waals surface area contributed by atoms with Crippen LogP contribution in [0.4, 0.5) is 0 Å². The fourth-order valence-corrected chi connectivity index (χ4v) is 4.23. The second-order valence-corrected chi connectivity index (χ2v) is 7.68. The van der Waals surface area contributed by atoms with Crippen LogP contribution in [-0.2, 0) is 11.2 Å². The van der Waals surface area contributed by atoms with E-state index in [-0.39, 0.29) is 5.91 Å². The Hall–Kier alpha value is -2.34. The molecule has 1 aliphatic heterocycles. The van der Waals surface area contributed by atoms with Crippen molar-refractivity contribution < 1.29 is 14.3 Å². The summed E-state index contributed by atoms with van der Waals surface area (Å²) in [6.07, 6.45) is 0.859. The molecule has 0 spiro atoms. The Morgan fingerprint density at radius 1 is 1.17 bits per heavy atom. The molecular formula is C23H25ClN2O3. The first-order valence-corrected chi connectivity index (χ1v) is 10.2. The highest BCUT2D eigenvalue weighted by Gasteiger charge is 2.22. The third-order valence-corrected chi connectivity index (χ3v) is 5.96. The van der Waals surface area contributed by atoms with Gasteiger partial charge in [0.25, 0.3) is 5.91 Å². The first-order chi connectivity index (χ1) is 14.1. The van der Waals surface area contributed by atoms with Crippen LogP contribution in [0, 0.1) is 6.92 Å². The van der Waals surface area contributed by atoms with Crippen molar-refractivity contribution in [3.63, 3.8) is 0 Å². The van der Waals surface area contributed by atoms with E-state index in [9.17, 15) is 4.79 Å². The van der Waals surface area contributed by atoms with E-state index in [1.54, 1.807) is 23.8 Å². The topological polar surface area (TPSA) is 43.7 Å². The summed E-state index contributed by atoms with van der Waals surface area (Å²) in [6, 6.07) is 13.1. The quantitative estimate of drug-likeness (QED) is 0.630. The van der Waals surface area contributed by atoms with Crippen molar-refractivity contribution in [2.45, 2.75) is 13.3 Å². The number of benzene rings is 2. The van der Waals surface area contributed by atoms with Gasteiger partial charge in [-0.15, -0.1) is 0 Å². The Kier molecular flexibility index (Phi) is 5.90. The van der Waals surface area contributed by atoms with Crippen molar-refractivity contribution in [1.82, 2.24) is 9.47 Å². The zero-order valence-corrected chi connectivity index (χ0v) is 17.5. The maximum atomic E-state index is 13.4. The van der Waals surface area contributed by atoms with Crippen molar-refractivity contribution in [2.24, 2.45) is 0 Å². The minimum atomic E-state index is -0.110. The zero-order valence-electron chi connectivity index (χ0n) is 16.8. The molecule has 5 nitrogen and oxygen atoms in total. The summed E-state index contributed by atoms with van der Waals surface area (Å²) in [6.45, 7) is 6.38. The molecular weight excluding hydrogens is 388 g/mol. The Morgan fingerprint density at radius 2 is 1.93 bits per heavy atom. The number of aromatic nitrogens is 1. The normalized spacial score (nSPS) is 15.0. The van der Waals surface area contributed by atoms with Crippen LogP contribution >= 0.6 is 11.6 Å². The lowest BCUT2D eigenvalue weighted by atomic mass is 10.1. The summed E-state index contributed by atoms with van der Waals surface area (Å²) in [7, 11) is 1.66. The Morgan fingerprint density at radius 3 is 2.66 bits per heavy atom. The molecule has 1 saturated heterocycles. The number of methoxy groups -OCH3 is 1. The molecule has 0 unspecified atom stereocenters. The van der Waals surface area contributed by atoms with Crippen molar-refractivity contribution in [3.8, 4) is 5.75 Å². The molecule has 1 fully saturated rings. The largest absolute Gasteiger partial charge is 0.497 e. The molecule has 0 aliphatic carbocycles. The average Bonchev–Trinajstić information content (AvgIpc) is 3.03. The molecule has 1 aromatic heterocycles. The maximum absolute atomic E-state index is 13.4. The monoisotopic (exact) mass is 412 g/mol. The van der Waals surface area contributed by atoms with E-state index >= 15 is 0 Å². The van der Waals surface area contributed by atoms with Crippen molar-refractivity contribution in [3.05, 3.63) is 64.3 Å². The highest BCUT2D eigenvalue weighted by atomic mass is 35.5. The van der Waals surface area contributed by atoms with Gasteiger partial charge in [0.15, 0.2) is 0 Å². The molecule has 0 saturated carbocycles. The third kappa shape index (κ3) is 3.90. The number of halogens is 1. The summed E-state index contributed by atoms with van der Waals surface area (Å²) >= 11 is 6.32. The molecule has 152 valence electrons. The number of hydrogen-bond acceptors (Lipinski definition) is 4. The van der Waals surface area contributed by atoms with Crippen LogP contribution < -0.4 is 4.74 Å². The average molecular weight is 413 g/mol. The highest BCUT2D eigenvalue weighted by Crippen LogP contribution is 2.31. The van der Waals surface area contributed by atoms with Gasteiger partial charge in [0, 0.05) is 30.7 Å². The lowest BCUT2D eigenvalue weighted by molar-refractivity contribution is 0.0384. The number of rotatable bonds is 5. The SMILES string of the molecule is COc1ccc2c(c1)c(CCN1CCOCC1)c(C)n2C(=O)c1ccccc1Cl. The fraction of sp³-hybridized carbons (Fsp3) is 0.348. The Labute approximate surface area is 175 Å². The van der Waals surface area contributed by atoms with E-state index in [0.29, 0.717) is 10.6 Å². The minimum Gasteiger partial charge on any atom is -0.497 e. The molecule has 0 N–H and O–H groups in total. The van der Waals surface area contributed by atoms with E-state index in [1.807, 2.05) is 37.3 Å². The predicted molar refractivity (Wildman–Crippen MR) is 115 cm³/mol. The molecule has 6 heteroatoms. The van der Waals surface area contributed by atoms with E-state index in [0.717, 1.165) is 61.6 Å². The second kappa shape index (κ2) is 8.57. The smallest absolute Gasteiger partial charge is 0.264 e. The third-order valence-electron chi connectivity index (χ3n) is 5.63. The maximum Gasteiger partial charge on any atom is 0.264 e. The second-order valence-electron chi connectivity index (χ2n) is 7.27. The lowest BCUT2D eigenvalue weighted by Gasteiger charge is -2.26. The Bertz CT molecular complexity index is 1040. The van der Waals surface area contributed by atoms with Gasteiger partial charge < -0.3 is 9.47 Å². The van der Waals surface area contributed by atoms with Gasteiger partial charge in [0.1, 0.15) is 5.75 Å². The molecule has 2 aromatic carbocycles. The predicted octanol–water partition coefficient (Wildman–Crippen LogP) is 4.17. The minimum absolute atomic E-state index is 0.110. The number of ether oxygens (including phenoxy) is 2. The van der Waals surface area contributed by atoms with Crippen LogP contribution in [0.5, 0.6) is 5.75 Å². The van der Waals surface area contributed by atoms with Gasteiger partial charge in [-0.3, -0.25) is 14.3 Å². The van der Waals surface area contributed by atoms with Crippen LogP contribution in [0.2, 0.25) is 5.02 Å². The van der Waals surface area contributed by atoms with Gasteiger partial charge in [-0.1, -0.05) is 23.7 Å². The lowest BCUT2D eigenvalue weighted by Crippen LogP contribution is -2.37. The number of hydrogen-bond donors (Lipinski definition) is 0. The van der Waals surface area contributed by atoms with E-state index in [1.165, 1.54) is 5.56 Å². The standard InChI is InChI=1S/C23H25ClN2O3/c1-16-18(9-10-25-11-13-29-14-12-25)20-15-17(28-2)7-8-22(20)26(16)23(27)19-5-3-4-6-21(19)24/h3-8,15H,9-14H2,1-2H3. The molecule has 3 aromatic rings. The van der Waals surface area contributed by atoms with E-state index in [4.69, 9.17) is 21.1 Å². The molecule has 0 atom stereocenters. The molecule has 29 heavy (non-hydrogen) atoms. The zero-order chi connectivity index (χ0) is 20.4. The number of morpholine rings is 1. The van der Waals surface area contributed by atoms with Crippen molar-refractivity contribution >= 4 is 28.4 Å². The van der Waals surface area contributed by atoms with Crippen LogP contribution in [0.3, 0.4) is 0 Å². The number of carbonyl (C=O) groups is 1. The van der Waals surface area contributed by atoms with Gasteiger partial charge in [0.05, 0.1) is 36.4 Å². The summed E-state index contributed by atoms with van der Waals surface area (Å²) in [5, 5.41) is 1.51. The summed E-state index contributed by atoms with van der Waals surface area (Å²) in [4.78, 5) is 15.8. The first kappa shape index (κ1) is 20.0. The summed E-state index contributed by atoms with van der Waals surface area (Å²) in [5.41, 5.74) is 3.51. The molecule has 0 bridgehead atoms. The molecule has 0 radical (unpaired) electrons. The van der Waals surface area contributed by atoms with Crippen LogP contribution in [0.1, 0.15) is 21.6 Å².